The third-order valence-electron chi connectivity index (χ3n) is 4.30. The van der Waals surface area contributed by atoms with E-state index >= 15 is 0 Å². The number of amides is 3. The van der Waals surface area contributed by atoms with E-state index in [1.54, 1.807) is 18.2 Å². The minimum absolute atomic E-state index is 0.254. The van der Waals surface area contributed by atoms with E-state index < -0.39 is 5.92 Å². The van der Waals surface area contributed by atoms with Crippen molar-refractivity contribution in [3.05, 3.63) is 40.9 Å². The Kier molecular flexibility index (Phi) is 4.22. The summed E-state index contributed by atoms with van der Waals surface area (Å²) in [7, 11) is 0. The number of rotatable bonds is 3. The number of halogens is 1. The van der Waals surface area contributed by atoms with Gasteiger partial charge in [0.05, 0.1) is 11.8 Å². The molecule has 1 heterocycles. The molecule has 1 N–H and O–H groups in total. The van der Waals surface area contributed by atoms with E-state index in [0.717, 1.165) is 10.5 Å². The van der Waals surface area contributed by atoms with Gasteiger partial charge < -0.3 is 5.32 Å². The average Bonchev–Trinajstić information content (AvgIpc) is 2.74. The predicted octanol–water partition coefficient (Wildman–Crippen LogP) is 2.45. The minimum Gasteiger partial charge on any atom is -0.325 e. The first-order valence-corrected chi connectivity index (χ1v) is 7.90. The highest BCUT2D eigenvalue weighted by molar-refractivity contribution is 6.30. The van der Waals surface area contributed by atoms with Crippen LogP contribution < -0.4 is 5.32 Å². The maximum absolute atomic E-state index is 12.4. The van der Waals surface area contributed by atoms with Crippen LogP contribution in [-0.4, -0.2) is 29.2 Å². The average molecular weight is 333 g/mol. The van der Waals surface area contributed by atoms with Crippen molar-refractivity contribution in [3.8, 4) is 0 Å². The van der Waals surface area contributed by atoms with Crippen LogP contribution in [0.2, 0.25) is 0 Å². The van der Waals surface area contributed by atoms with E-state index in [0.29, 0.717) is 23.6 Å². The van der Waals surface area contributed by atoms with E-state index in [-0.39, 0.29) is 30.2 Å². The highest BCUT2D eigenvalue weighted by atomic mass is 35.5. The van der Waals surface area contributed by atoms with E-state index in [4.69, 9.17) is 11.6 Å². The molecule has 0 spiro atoms. The van der Waals surface area contributed by atoms with Crippen molar-refractivity contribution in [2.24, 2.45) is 11.8 Å². The van der Waals surface area contributed by atoms with E-state index in [1.165, 1.54) is 0 Å². The number of fused-ring (bicyclic) bond motifs is 1. The number of nitrogens with one attached hydrogen (secondary N) is 1. The van der Waals surface area contributed by atoms with Crippen molar-refractivity contribution in [3.63, 3.8) is 0 Å². The van der Waals surface area contributed by atoms with Gasteiger partial charge in [0.25, 0.3) is 0 Å². The lowest BCUT2D eigenvalue weighted by atomic mass is 9.85. The summed E-state index contributed by atoms with van der Waals surface area (Å²) < 4.78 is 0. The number of carbonyl (C=O) groups is 3. The molecule has 120 valence electrons. The van der Waals surface area contributed by atoms with Crippen LogP contribution >= 0.6 is 11.6 Å². The Morgan fingerprint density at radius 3 is 2.57 bits per heavy atom. The van der Waals surface area contributed by atoms with Crippen molar-refractivity contribution in [1.29, 1.82) is 0 Å². The molecule has 0 bridgehead atoms. The molecule has 0 saturated carbocycles. The van der Waals surface area contributed by atoms with Crippen LogP contribution in [0.5, 0.6) is 0 Å². The topological polar surface area (TPSA) is 66.5 Å². The van der Waals surface area contributed by atoms with Crippen LogP contribution in [-0.2, 0) is 14.4 Å². The van der Waals surface area contributed by atoms with Crippen LogP contribution in [0.4, 0.5) is 5.69 Å². The fourth-order valence-electron chi connectivity index (χ4n) is 3.03. The summed E-state index contributed by atoms with van der Waals surface area (Å²) in [6.45, 7) is 1.70. The zero-order valence-electron chi connectivity index (χ0n) is 12.7. The van der Waals surface area contributed by atoms with Gasteiger partial charge in [-0.25, -0.2) is 0 Å². The molecule has 0 radical (unpaired) electrons. The summed E-state index contributed by atoms with van der Waals surface area (Å²) in [6.07, 6.45) is 2.63. The minimum atomic E-state index is -0.424. The van der Waals surface area contributed by atoms with E-state index in [2.05, 4.69) is 5.32 Å². The Morgan fingerprint density at radius 2 is 1.87 bits per heavy atom. The lowest BCUT2D eigenvalue weighted by Gasteiger charge is -2.17. The van der Waals surface area contributed by atoms with E-state index in [1.807, 2.05) is 19.1 Å². The molecule has 1 aromatic rings. The van der Waals surface area contributed by atoms with Gasteiger partial charge in [-0.05, 0) is 31.9 Å². The first-order valence-electron chi connectivity index (χ1n) is 7.52. The Balaban J connectivity index is 1.66. The second-order valence-electron chi connectivity index (χ2n) is 5.98. The maximum atomic E-state index is 12.4. The molecule has 2 atom stereocenters. The third kappa shape index (κ3) is 3.15. The largest absolute Gasteiger partial charge is 0.325 e. The summed E-state index contributed by atoms with van der Waals surface area (Å²) in [5, 5.41) is 3.31. The van der Waals surface area contributed by atoms with Crippen molar-refractivity contribution < 1.29 is 14.4 Å². The summed E-state index contributed by atoms with van der Waals surface area (Å²) in [5.74, 6) is -1.76. The molecule has 1 fully saturated rings. The lowest BCUT2D eigenvalue weighted by Crippen LogP contribution is -2.38. The molecule has 1 aliphatic carbocycles. The Morgan fingerprint density at radius 1 is 1.22 bits per heavy atom. The number of hydrogen-bond acceptors (Lipinski definition) is 3. The number of anilines is 1. The van der Waals surface area contributed by atoms with Crippen LogP contribution in [0, 0.1) is 18.8 Å². The van der Waals surface area contributed by atoms with Gasteiger partial charge in [-0.15, -0.1) is 0 Å². The SMILES string of the molecule is Cc1ccc(NC(=O)CN2C(=O)[C@@H]3CC=C(Cl)C[C@H]3C2=O)cc1. The molecular weight excluding hydrogens is 316 g/mol. The predicted molar refractivity (Wildman–Crippen MR) is 86.7 cm³/mol. The lowest BCUT2D eigenvalue weighted by molar-refractivity contribution is -0.142. The Labute approximate surface area is 139 Å². The summed E-state index contributed by atoms with van der Waals surface area (Å²) in [5.41, 5.74) is 1.73. The van der Waals surface area contributed by atoms with Crippen LogP contribution in [0.3, 0.4) is 0 Å². The quantitative estimate of drug-likeness (QED) is 0.865. The number of benzene rings is 1. The molecular formula is C17H17ClN2O3. The van der Waals surface area contributed by atoms with Crippen LogP contribution in [0.25, 0.3) is 0 Å². The second kappa shape index (κ2) is 6.16. The fraction of sp³-hybridized carbons (Fsp3) is 0.353. The van der Waals surface area contributed by atoms with Crippen molar-refractivity contribution in [1.82, 2.24) is 4.90 Å². The highest BCUT2D eigenvalue weighted by Crippen LogP contribution is 2.38. The zero-order chi connectivity index (χ0) is 16.6. The zero-order valence-corrected chi connectivity index (χ0v) is 13.5. The molecule has 2 aliphatic rings. The van der Waals surface area contributed by atoms with Gasteiger partial charge in [0.1, 0.15) is 6.54 Å². The monoisotopic (exact) mass is 332 g/mol. The highest BCUT2D eigenvalue weighted by Gasteiger charge is 2.48. The molecule has 0 aromatic heterocycles. The number of nitrogens with zero attached hydrogens (tertiary/aromatic N) is 1. The van der Waals surface area contributed by atoms with Gasteiger partial charge in [-0.1, -0.05) is 35.4 Å². The molecule has 1 aliphatic heterocycles. The number of allylic oxidation sites excluding steroid dienone is 2. The number of likely N-dealkylation sites (tertiary alicyclic amines) is 1. The standard InChI is InChI=1S/C17H17ClN2O3/c1-10-2-5-12(6-3-10)19-15(21)9-20-16(22)13-7-4-11(18)8-14(13)17(20)23/h2-6,13-14H,7-9H2,1H3,(H,19,21)/t13-,14-/m1/s1. The van der Waals surface area contributed by atoms with Gasteiger partial charge in [0, 0.05) is 10.7 Å². The number of hydrogen-bond donors (Lipinski definition) is 1. The van der Waals surface area contributed by atoms with Crippen molar-refractivity contribution >= 4 is 35.0 Å². The van der Waals surface area contributed by atoms with Crippen LogP contribution in [0.1, 0.15) is 18.4 Å². The molecule has 1 saturated heterocycles. The number of carbonyl (C=O) groups excluding carboxylic acids is 3. The van der Waals surface area contributed by atoms with Gasteiger partial charge >= 0.3 is 0 Å². The molecule has 1 aromatic carbocycles. The van der Waals surface area contributed by atoms with Gasteiger partial charge in [0.15, 0.2) is 0 Å². The molecule has 3 rings (SSSR count). The Bertz CT molecular complexity index is 696. The smallest absolute Gasteiger partial charge is 0.244 e. The molecule has 6 heteroatoms. The third-order valence-corrected chi connectivity index (χ3v) is 4.61. The first kappa shape index (κ1) is 15.7. The normalized spacial score (nSPS) is 23.6. The van der Waals surface area contributed by atoms with E-state index in [9.17, 15) is 14.4 Å². The maximum Gasteiger partial charge on any atom is 0.244 e. The summed E-state index contributed by atoms with van der Waals surface area (Å²) in [4.78, 5) is 37.9. The van der Waals surface area contributed by atoms with Gasteiger partial charge in [-0.3, -0.25) is 19.3 Å². The fourth-order valence-corrected chi connectivity index (χ4v) is 3.29. The molecule has 23 heavy (non-hydrogen) atoms. The van der Waals surface area contributed by atoms with Gasteiger partial charge in [-0.2, -0.15) is 0 Å². The van der Waals surface area contributed by atoms with Gasteiger partial charge in [0.2, 0.25) is 17.7 Å². The number of aryl methyl sites for hydroxylation is 1. The molecule has 3 amide bonds. The first-order chi connectivity index (χ1) is 11.0. The van der Waals surface area contributed by atoms with Crippen LogP contribution in [0.15, 0.2) is 35.4 Å². The van der Waals surface area contributed by atoms with Crippen molar-refractivity contribution in [2.75, 3.05) is 11.9 Å². The summed E-state index contributed by atoms with van der Waals surface area (Å²) in [6, 6.07) is 7.32. The Hall–Kier alpha value is -2.14. The molecule has 5 nitrogen and oxygen atoms in total. The van der Waals surface area contributed by atoms with Crippen molar-refractivity contribution in [2.45, 2.75) is 19.8 Å². The summed E-state index contributed by atoms with van der Waals surface area (Å²) >= 11 is 5.97. The molecule has 0 unspecified atom stereocenters. The second-order valence-corrected chi connectivity index (χ2v) is 6.47. The number of imide groups is 1.